The van der Waals surface area contributed by atoms with E-state index in [1.54, 1.807) is 0 Å². The van der Waals surface area contributed by atoms with Gasteiger partial charge in [-0.2, -0.15) is 0 Å². The van der Waals surface area contributed by atoms with Crippen molar-refractivity contribution in [3.8, 4) is 0 Å². The highest BCUT2D eigenvalue weighted by atomic mass is 31.2. The van der Waals surface area contributed by atoms with Crippen LogP contribution >= 0.6 is 7.82 Å². The molecule has 0 aliphatic heterocycles. The van der Waals surface area contributed by atoms with Crippen molar-refractivity contribution in [2.45, 2.75) is 154 Å². The fourth-order valence-electron chi connectivity index (χ4n) is 4.70. The van der Waals surface area contributed by atoms with Crippen LogP contribution in [0.25, 0.3) is 0 Å². The average Bonchev–Trinajstić information content (AvgIpc) is 3.12. The number of phosphoric acid groups is 1. The number of carboxylic acids is 1. The molecule has 4 N–H and O–H groups in total. The van der Waals surface area contributed by atoms with Crippen LogP contribution in [0.3, 0.4) is 0 Å². The van der Waals surface area contributed by atoms with Crippen LogP contribution in [0.15, 0.2) is 60.8 Å². The topological polar surface area (TPSA) is 172 Å². The molecule has 12 heteroatoms. The molecule has 0 aromatic heterocycles. The highest BCUT2D eigenvalue weighted by Crippen LogP contribution is 2.43. The Morgan fingerprint density at radius 1 is 0.615 bits per heavy atom. The first-order chi connectivity index (χ1) is 25.1. The van der Waals surface area contributed by atoms with Crippen LogP contribution in [0.2, 0.25) is 0 Å². The van der Waals surface area contributed by atoms with Crippen LogP contribution in [0.4, 0.5) is 0 Å². The number of nitrogens with two attached hydrogens (primary N) is 1. The Kier molecular flexibility index (Phi) is 33.3. The van der Waals surface area contributed by atoms with Crippen molar-refractivity contribution in [3.05, 3.63) is 60.8 Å². The number of hydrogen-bond donors (Lipinski definition) is 3. The van der Waals surface area contributed by atoms with Crippen molar-refractivity contribution < 1.29 is 47.5 Å². The lowest BCUT2D eigenvalue weighted by molar-refractivity contribution is -0.161. The van der Waals surface area contributed by atoms with Crippen LogP contribution in [0.5, 0.6) is 0 Å². The molecule has 0 amide bonds. The molecule has 1 unspecified atom stereocenters. The molecule has 0 aromatic rings. The van der Waals surface area contributed by atoms with E-state index in [0.29, 0.717) is 12.8 Å². The van der Waals surface area contributed by atoms with E-state index in [0.717, 1.165) is 77.0 Å². The molecular weight excluding hydrogens is 685 g/mol. The van der Waals surface area contributed by atoms with Crippen LogP contribution < -0.4 is 5.73 Å². The minimum Gasteiger partial charge on any atom is -0.480 e. The average molecular weight is 754 g/mol. The minimum absolute atomic E-state index is 0.105. The number of carbonyl (C=O) groups is 3. The Hall–Kier alpha value is -2.82. The van der Waals surface area contributed by atoms with Gasteiger partial charge in [0, 0.05) is 12.8 Å². The predicted molar refractivity (Wildman–Crippen MR) is 208 cm³/mol. The molecule has 0 aliphatic rings. The van der Waals surface area contributed by atoms with Gasteiger partial charge in [0.2, 0.25) is 0 Å². The van der Waals surface area contributed by atoms with Gasteiger partial charge in [0.15, 0.2) is 6.10 Å². The SMILES string of the molecule is CC/C=C\C/C=C\C/C=C\C/C=C\CCCCC(=O)O[C@H](COC(=O)CCCCCCC/C=C\CCCCCC)COP(=O)(O)OC[C@H](N)C(=O)O. The van der Waals surface area contributed by atoms with E-state index in [1.807, 2.05) is 0 Å². The molecule has 0 spiro atoms. The smallest absolute Gasteiger partial charge is 0.472 e. The van der Waals surface area contributed by atoms with Crippen molar-refractivity contribution in [2.24, 2.45) is 5.73 Å². The van der Waals surface area contributed by atoms with Crippen LogP contribution in [-0.4, -0.2) is 59.9 Å². The lowest BCUT2D eigenvalue weighted by atomic mass is 10.1. The number of ether oxygens (including phenoxy) is 2. The zero-order chi connectivity index (χ0) is 38.5. The van der Waals surface area contributed by atoms with Gasteiger partial charge in [0.25, 0.3) is 0 Å². The van der Waals surface area contributed by atoms with Gasteiger partial charge in [0.05, 0.1) is 13.2 Å². The molecule has 0 fully saturated rings. The molecule has 0 aromatic carbocycles. The highest BCUT2D eigenvalue weighted by molar-refractivity contribution is 7.47. The number of carboxylic acid groups (broad SMARTS) is 1. The van der Waals surface area contributed by atoms with Gasteiger partial charge in [-0.05, 0) is 77.0 Å². The highest BCUT2D eigenvalue weighted by Gasteiger charge is 2.28. The first-order valence-corrected chi connectivity index (χ1v) is 20.8. The summed E-state index contributed by atoms with van der Waals surface area (Å²) in [6, 6.07) is -1.53. The van der Waals surface area contributed by atoms with E-state index < -0.39 is 51.1 Å². The van der Waals surface area contributed by atoms with Gasteiger partial charge in [-0.1, -0.05) is 113 Å². The third kappa shape index (κ3) is 34.3. The Morgan fingerprint density at radius 3 is 1.67 bits per heavy atom. The maximum absolute atomic E-state index is 12.6. The van der Waals surface area contributed by atoms with Gasteiger partial charge < -0.3 is 25.2 Å². The normalized spacial score (nSPS) is 14.5. The molecule has 3 atom stereocenters. The summed E-state index contributed by atoms with van der Waals surface area (Å²) in [5.74, 6) is -2.45. The Bertz CT molecular complexity index is 1120. The van der Waals surface area contributed by atoms with Crippen molar-refractivity contribution in [1.29, 1.82) is 0 Å². The fourth-order valence-corrected chi connectivity index (χ4v) is 5.47. The van der Waals surface area contributed by atoms with E-state index in [9.17, 15) is 23.8 Å². The molecule has 0 saturated heterocycles. The molecule has 0 saturated carbocycles. The van der Waals surface area contributed by atoms with Crippen molar-refractivity contribution in [3.63, 3.8) is 0 Å². The number of allylic oxidation sites excluding steroid dienone is 10. The molecule has 0 radical (unpaired) electrons. The van der Waals surface area contributed by atoms with Gasteiger partial charge in [0.1, 0.15) is 12.6 Å². The second-order valence-corrected chi connectivity index (χ2v) is 14.1. The summed E-state index contributed by atoms with van der Waals surface area (Å²) in [5.41, 5.74) is 5.31. The zero-order valence-corrected chi connectivity index (χ0v) is 32.8. The second-order valence-electron chi connectivity index (χ2n) is 12.7. The van der Waals surface area contributed by atoms with E-state index in [4.69, 9.17) is 24.8 Å². The van der Waals surface area contributed by atoms with Crippen molar-refractivity contribution in [2.75, 3.05) is 19.8 Å². The maximum Gasteiger partial charge on any atom is 0.472 e. The molecule has 298 valence electrons. The molecule has 0 bridgehead atoms. The standard InChI is InChI=1S/C40H68NO10P/c1-3-5-7-9-11-13-15-17-18-20-22-24-26-28-30-32-39(43)51-36(34-49-52(46,47)50-35-37(41)40(44)45)33-48-38(42)31-29-27-25-23-21-19-16-14-12-10-8-6-4-2/h5,7,11,13-14,16-18,22,24,36-37H,3-4,6,8-10,12,15,19-21,23,25-35,41H2,1-2H3,(H,44,45)(H,46,47)/b7-5-,13-11-,16-14-,18-17-,24-22-/t36-,37+/m1/s1. The Morgan fingerprint density at radius 2 is 1.08 bits per heavy atom. The quantitative estimate of drug-likeness (QED) is 0.0244. The number of phosphoric ester groups is 1. The summed E-state index contributed by atoms with van der Waals surface area (Å²) in [6.07, 6.45) is 38.7. The van der Waals surface area contributed by atoms with Crippen LogP contribution in [0, 0.1) is 0 Å². The third-order valence-electron chi connectivity index (χ3n) is 7.75. The molecule has 0 aliphatic carbocycles. The number of esters is 2. The number of unbranched alkanes of at least 4 members (excludes halogenated alkanes) is 11. The van der Waals surface area contributed by atoms with Crippen molar-refractivity contribution >= 4 is 25.7 Å². The maximum atomic E-state index is 12.6. The van der Waals surface area contributed by atoms with E-state index in [1.165, 1.54) is 25.7 Å². The van der Waals surface area contributed by atoms with E-state index in [2.05, 4.69) is 79.1 Å². The summed E-state index contributed by atoms with van der Waals surface area (Å²) in [4.78, 5) is 45.7. The van der Waals surface area contributed by atoms with Gasteiger partial charge in [-0.15, -0.1) is 0 Å². The summed E-state index contributed by atoms with van der Waals surface area (Å²) in [7, 11) is -4.73. The van der Waals surface area contributed by atoms with Crippen LogP contribution in [-0.2, 0) is 37.5 Å². The largest absolute Gasteiger partial charge is 0.480 e. The minimum atomic E-state index is -4.73. The Labute approximate surface area is 313 Å². The molecular formula is C40H68NO10P. The van der Waals surface area contributed by atoms with E-state index >= 15 is 0 Å². The second kappa shape index (κ2) is 35.2. The fraction of sp³-hybridized carbons (Fsp3) is 0.675. The number of carbonyl (C=O) groups excluding carboxylic acids is 2. The first kappa shape index (κ1) is 49.2. The summed E-state index contributed by atoms with van der Waals surface area (Å²) < 4.78 is 32.5. The van der Waals surface area contributed by atoms with Gasteiger partial charge >= 0.3 is 25.7 Å². The van der Waals surface area contributed by atoms with Crippen molar-refractivity contribution in [1.82, 2.24) is 0 Å². The Balaban J connectivity index is 4.54. The monoisotopic (exact) mass is 753 g/mol. The number of aliphatic carboxylic acids is 1. The lowest BCUT2D eigenvalue weighted by Gasteiger charge is -2.20. The lowest BCUT2D eigenvalue weighted by Crippen LogP contribution is -2.34. The van der Waals surface area contributed by atoms with Crippen LogP contribution in [0.1, 0.15) is 142 Å². The molecule has 11 nitrogen and oxygen atoms in total. The summed E-state index contributed by atoms with van der Waals surface area (Å²) >= 11 is 0. The van der Waals surface area contributed by atoms with Gasteiger partial charge in [-0.25, -0.2) is 4.57 Å². The summed E-state index contributed by atoms with van der Waals surface area (Å²) in [6.45, 7) is 2.59. The predicted octanol–water partition coefficient (Wildman–Crippen LogP) is 9.61. The number of rotatable bonds is 35. The summed E-state index contributed by atoms with van der Waals surface area (Å²) in [5, 5.41) is 8.86. The molecule has 52 heavy (non-hydrogen) atoms. The molecule has 0 rings (SSSR count). The van der Waals surface area contributed by atoms with Gasteiger partial charge in [-0.3, -0.25) is 23.4 Å². The first-order valence-electron chi connectivity index (χ1n) is 19.3. The number of hydrogen-bond acceptors (Lipinski definition) is 9. The third-order valence-corrected chi connectivity index (χ3v) is 8.70. The van der Waals surface area contributed by atoms with E-state index in [-0.39, 0.29) is 19.4 Å². The zero-order valence-electron chi connectivity index (χ0n) is 31.9. The molecule has 0 heterocycles.